The smallest absolute Gasteiger partial charge is 0.126 e. The molecule has 1 saturated heterocycles. The molecule has 2 N–H and O–H groups in total. The van der Waals surface area contributed by atoms with E-state index in [1.165, 1.54) is 32.1 Å². The zero-order chi connectivity index (χ0) is 20.9. The van der Waals surface area contributed by atoms with Crippen molar-refractivity contribution in [3.63, 3.8) is 0 Å². The van der Waals surface area contributed by atoms with Crippen LogP contribution in [0.3, 0.4) is 0 Å². The van der Waals surface area contributed by atoms with Gasteiger partial charge in [0.1, 0.15) is 11.6 Å². The first-order valence-corrected chi connectivity index (χ1v) is 11.7. The van der Waals surface area contributed by atoms with Crippen LogP contribution in [0.25, 0.3) is 11.3 Å². The van der Waals surface area contributed by atoms with Crippen molar-refractivity contribution in [1.29, 1.82) is 0 Å². The first-order valence-electron chi connectivity index (χ1n) is 11.4. The molecule has 2 unspecified atom stereocenters. The summed E-state index contributed by atoms with van der Waals surface area (Å²) in [6.45, 7) is 5.23. The molecule has 4 rings (SSSR count). The number of hydrogen-bond acceptors (Lipinski definition) is 5. The quantitative estimate of drug-likeness (QED) is 0.577. The molecule has 2 atom stereocenters. The van der Waals surface area contributed by atoms with Crippen molar-refractivity contribution in [3.8, 4) is 11.3 Å². The lowest BCUT2D eigenvalue weighted by Gasteiger charge is -2.32. The third-order valence-electron chi connectivity index (χ3n) is 6.20. The molecule has 1 saturated carbocycles. The summed E-state index contributed by atoms with van der Waals surface area (Å²) in [6, 6.07) is 8.60. The van der Waals surface area contributed by atoms with Crippen LogP contribution in [0.2, 0.25) is 5.02 Å². The Morgan fingerprint density at radius 1 is 1.07 bits per heavy atom. The van der Waals surface area contributed by atoms with Gasteiger partial charge in [-0.3, -0.25) is 0 Å². The largest absolute Gasteiger partial charge is 0.376 e. The van der Waals surface area contributed by atoms with Gasteiger partial charge < -0.3 is 15.4 Å². The van der Waals surface area contributed by atoms with Crippen LogP contribution in [0.1, 0.15) is 58.8 Å². The number of rotatable bonds is 6. The van der Waals surface area contributed by atoms with Crippen molar-refractivity contribution in [2.75, 3.05) is 17.2 Å². The standard InChI is InChI=1S/C24H33ClN4O/c1-16-11-18(12-17(2)30-16)14-26-23-10-6-9-22(29-23)20-13-24(27-15-21(20)25)28-19-7-4-3-5-8-19/h6,9-10,13,15-19H,3-5,7-8,11-12,14H2,1-2H3,(H,26,29)(H,27,28). The van der Waals surface area contributed by atoms with Crippen molar-refractivity contribution >= 4 is 23.2 Å². The molecule has 0 bridgehead atoms. The average Bonchev–Trinajstić information content (AvgIpc) is 2.74. The van der Waals surface area contributed by atoms with E-state index in [1.54, 1.807) is 6.20 Å². The maximum atomic E-state index is 6.49. The number of anilines is 2. The third kappa shape index (κ3) is 5.64. The van der Waals surface area contributed by atoms with E-state index in [0.717, 1.165) is 42.3 Å². The molecule has 1 aliphatic carbocycles. The summed E-state index contributed by atoms with van der Waals surface area (Å²) in [4.78, 5) is 9.33. The molecule has 2 aromatic rings. The van der Waals surface area contributed by atoms with Gasteiger partial charge in [-0.25, -0.2) is 9.97 Å². The molecule has 0 radical (unpaired) electrons. The molecule has 30 heavy (non-hydrogen) atoms. The lowest BCUT2D eigenvalue weighted by molar-refractivity contribution is -0.0495. The van der Waals surface area contributed by atoms with Crippen LogP contribution in [0.4, 0.5) is 11.6 Å². The van der Waals surface area contributed by atoms with Gasteiger partial charge in [0, 0.05) is 24.3 Å². The second kappa shape index (κ2) is 9.97. The number of nitrogens with one attached hydrogen (secondary N) is 2. The van der Waals surface area contributed by atoms with Crippen molar-refractivity contribution in [1.82, 2.24) is 9.97 Å². The molecule has 3 heterocycles. The number of aromatic nitrogens is 2. The van der Waals surface area contributed by atoms with Crippen LogP contribution < -0.4 is 10.6 Å². The van der Waals surface area contributed by atoms with Crippen molar-refractivity contribution in [2.24, 2.45) is 5.92 Å². The molecular formula is C24H33ClN4O. The predicted molar refractivity (Wildman–Crippen MR) is 124 cm³/mol. The van der Waals surface area contributed by atoms with E-state index in [4.69, 9.17) is 21.3 Å². The van der Waals surface area contributed by atoms with Gasteiger partial charge in [-0.15, -0.1) is 0 Å². The van der Waals surface area contributed by atoms with Crippen molar-refractivity contribution < 1.29 is 4.74 Å². The fourth-order valence-electron chi connectivity index (χ4n) is 4.81. The highest BCUT2D eigenvalue weighted by molar-refractivity contribution is 6.33. The summed E-state index contributed by atoms with van der Waals surface area (Å²) in [7, 11) is 0. The molecule has 2 aromatic heterocycles. The highest BCUT2D eigenvalue weighted by Gasteiger charge is 2.24. The Balaban J connectivity index is 1.44. The Hall–Kier alpha value is -1.85. The number of halogens is 1. The van der Waals surface area contributed by atoms with Crippen LogP contribution in [-0.4, -0.2) is 34.8 Å². The lowest BCUT2D eigenvalue weighted by atomic mass is 9.92. The van der Waals surface area contributed by atoms with Crippen LogP contribution in [-0.2, 0) is 4.74 Å². The second-order valence-electron chi connectivity index (χ2n) is 8.91. The predicted octanol–water partition coefficient (Wildman–Crippen LogP) is 6.16. The molecule has 162 valence electrons. The number of ether oxygens (including phenoxy) is 1. The maximum Gasteiger partial charge on any atom is 0.126 e. The molecule has 0 aromatic carbocycles. The Bertz CT molecular complexity index is 830. The highest BCUT2D eigenvalue weighted by Crippen LogP contribution is 2.30. The first kappa shape index (κ1) is 21.4. The molecule has 2 fully saturated rings. The van der Waals surface area contributed by atoms with E-state index >= 15 is 0 Å². The molecule has 2 aliphatic rings. The van der Waals surface area contributed by atoms with E-state index < -0.39 is 0 Å². The molecule has 1 aliphatic heterocycles. The minimum atomic E-state index is 0.325. The van der Waals surface area contributed by atoms with Gasteiger partial charge in [0.2, 0.25) is 0 Å². The van der Waals surface area contributed by atoms with Gasteiger partial charge in [-0.2, -0.15) is 0 Å². The molecule has 0 spiro atoms. The van der Waals surface area contributed by atoms with Gasteiger partial charge in [0.05, 0.1) is 22.9 Å². The molecule has 6 heteroatoms. The summed E-state index contributed by atoms with van der Waals surface area (Å²) in [6.07, 6.45) is 10.9. The van der Waals surface area contributed by atoms with Crippen LogP contribution in [0.15, 0.2) is 30.5 Å². The highest BCUT2D eigenvalue weighted by atomic mass is 35.5. The molecule has 0 amide bonds. The zero-order valence-electron chi connectivity index (χ0n) is 18.0. The minimum Gasteiger partial charge on any atom is -0.376 e. The van der Waals surface area contributed by atoms with Gasteiger partial charge in [0.15, 0.2) is 0 Å². The fourth-order valence-corrected chi connectivity index (χ4v) is 5.01. The van der Waals surface area contributed by atoms with Crippen LogP contribution >= 0.6 is 11.6 Å². The topological polar surface area (TPSA) is 59.1 Å². The SMILES string of the molecule is CC1CC(CNc2cccc(-c3cc(NC4CCCCC4)ncc3Cl)n2)CC(C)O1. The zero-order valence-corrected chi connectivity index (χ0v) is 18.8. The van der Waals surface area contributed by atoms with E-state index in [9.17, 15) is 0 Å². The molecular weight excluding hydrogens is 396 g/mol. The maximum absolute atomic E-state index is 6.49. The number of nitrogens with zero attached hydrogens (tertiary/aromatic N) is 2. The summed E-state index contributed by atoms with van der Waals surface area (Å²) in [5.74, 6) is 2.37. The van der Waals surface area contributed by atoms with Gasteiger partial charge in [-0.05, 0) is 63.6 Å². The van der Waals surface area contributed by atoms with Crippen LogP contribution in [0.5, 0.6) is 0 Å². The van der Waals surface area contributed by atoms with E-state index in [-0.39, 0.29) is 0 Å². The summed E-state index contributed by atoms with van der Waals surface area (Å²) >= 11 is 6.49. The number of hydrogen-bond donors (Lipinski definition) is 2. The Kier molecular flexibility index (Phi) is 7.11. The Morgan fingerprint density at radius 3 is 2.60 bits per heavy atom. The van der Waals surface area contributed by atoms with Crippen LogP contribution in [0, 0.1) is 5.92 Å². The normalized spacial score (nSPS) is 25.1. The fraction of sp³-hybridized carbons (Fsp3) is 0.583. The summed E-state index contributed by atoms with van der Waals surface area (Å²) < 4.78 is 5.85. The van der Waals surface area contributed by atoms with E-state index in [1.807, 2.05) is 24.3 Å². The van der Waals surface area contributed by atoms with Gasteiger partial charge in [0.25, 0.3) is 0 Å². The van der Waals surface area contributed by atoms with E-state index in [0.29, 0.717) is 29.2 Å². The molecule has 5 nitrogen and oxygen atoms in total. The number of pyridine rings is 2. The second-order valence-corrected chi connectivity index (χ2v) is 9.32. The first-order chi connectivity index (χ1) is 14.6. The third-order valence-corrected chi connectivity index (χ3v) is 6.51. The monoisotopic (exact) mass is 428 g/mol. The van der Waals surface area contributed by atoms with Gasteiger partial charge in [-0.1, -0.05) is 36.9 Å². The van der Waals surface area contributed by atoms with Crippen molar-refractivity contribution in [2.45, 2.75) is 77.0 Å². The average molecular weight is 429 g/mol. The summed E-state index contributed by atoms with van der Waals surface area (Å²) in [5, 5.41) is 7.73. The Morgan fingerprint density at radius 2 is 1.83 bits per heavy atom. The Labute approximate surface area is 185 Å². The lowest BCUT2D eigenvalue weighted by Crippen LogP contribution is -2.32. The summed E-state index contributed by atoms with van der Waals surface area (Å²) in [5.41, 5.74) is 1.79. The van der Waals surface area contributed by atoms with E-state index in [2.05, 4.69) is 29.5 Å². The van der Waals surface area contributed by atoms with Crippen molar-refractivity contribution in [3.05, 3.63) is 35.5 Å². The van der Waals surface area contributed by atoms with Gasteiger partial charge >= 0.3 is 0 Å². The minimum absolute atomic E-state index is 0.325.